The Morgan fingerprint density at radius 3 is 2.50 bits per heavy atom. The predicted octanol–water partition coefficient (Wildman–Crippen LogP) is 5.18. The van der Waals surface area contributed by atoms with Gasteiger partial charge in [-0.15, -0.1) is 12.4 Å². The number of amides is 1. The molecule has 2 aromatic heterocycles. The number of aliphatic hydroxyl groups is 1. The summed E-state index contributed by atoms with van der Waals surface area (Å²) in [5.41, 5.74) is 5.99. The summed E-state index contributed by atoms with van der Waals surface area (Å²) < 4.78 is 47.3. The largest absolute Gasteiger partial charge is 0.454 e. The SMILES string of the molecule is Cl.Nc1nccc(Oc2ccc(Nc3ncccc3C(=O)Nc3ccc(F)cc3F)cc2F)c1CO. The normalized spacial score (nSPS) is 10.3. The van der Waals surface area contributed by atoms with Crippen molar-refractivity contribution in [3.05, 3.63) is 95.6 Å². The summed E-state index contributed by atoms with van der Waals surface area (Å²) in [7, 11) is 0. The molecule has 0 aliphatic rings. The minimum Gasteiger partial charge on any atom is -0.454 e. The van der Waals surface area contributed by atoms with Crippen LogP contribution in [0.5, 0.6) is 11.5 Å². The number of pyridine rings is 2. The number of nitrogens with one attached hydrogen (secondary N) is 2. The van der Waals surface area contributed by atoms with Crippen molar-refractivity contribution in [1.29, 1.82) is 0 Å². The first-order valence-electron chi connectivity index (χ1n) is 10.2. The highest BCUT2D eigenvalue weighted by Crippen LogP contribution is 2.31. The number of carbonyl (C=O) groups excluding carboxylic acids is 1. The quantitative estimate of drug-likeness (QED) is 0.266. The molecule has 5 N–H and O–H groups in total. The number of nitrogens with zero attached hydrogens (tertiary/aromatic N) is 2. The standard InChI is InChI=1S/C24H18F3N5O3.ClH/c25-13-3-5-19(17(26)10-13)32-24(34)15-2-1-8-30-23(15)31-14-4-6-21(18(27)11-14)35-20-7-9-29-22(28)16(20)12-33;/h1-11,33H,12H2,(H2,28,29)(H,30,31)(H,32,34);1H. The molecule has 8 nitrogen and oxygen atoms in total. The van der Waals surface area contributed by atoms with Crippen LogP contribution in [0.15, 0.2) is 67.0 Å². The number of rotatable bonds is 7. The van der Waals surface area contributed by atoms with E-state index in [0.29, 0.717) is 6.07 Å². The van der Waals surface area contributed by atoms with Gasteiger partial charge in [0.1, 0.15) is 29.0 Å². The van der Waals surface area contributed by atoms with Crippen LogP contribution in [0.1, 0.15) is 15.9 Å². The van der Waals surface area contributed by atoms with Gasteiger partial charge in [-0.25, -0.2) is 23.1 Å². The van der Waals surface area contributed by atoms with Gasteiger partial charge in [0.05, 0.1) is 23.4 Å². The number of aliphatic hydroxyl groups excluding tert-OH is 1. The van der Waals surface area contributed by atoms with Gasteiger partial charge < -0.3 is 26.2 Å². The lowest BCUT2D eigenvalue weighted by Gasteiger charge is -2.14. The van der Waals surface area contributed by atoms with Gasteiger partial charge in [0, 0.05) is 30.2 Å². The maximum absolute atomic E-state index is 14.8. The van der Waals surface area contributed by atoms with Crippen molar-refractivity contribution in [3.8, 4) is 11.5 Å². The van der Waals surface area contributed by atoms with Crippen molar-refractivity contribution in [2.75, 3.05) is 16.4 Å². The predicted molar refractivity (Wildman–Crippen MR) is 130 cm³/mol. The van der Waals surface area contributed by atoms with E-state index in [1.165, 1.54) is 42.7 Å². The van der Waals surface area contributed by atoms with E-state index >= 15 is 0 Å². The minimum atomic E-state index is -0.935. The molecule has 4 aromatic rings. The second kappa shape index (κ2) is 11.4. The summed E-state index contributed by atoms with van der Waals surface area (Å²) in [4.78, 5) is 20.6. The molecule has 0 aliphatic carbocycles. The summed E-state index contributed by atoms with van der Waals surface area (Å²) in [6, 6.07) is 11.1. The average molecular weight is 518 g/mol. The molecule has 2 aromatic carbocycles. The second-order valence-corrected chi connectivity index (χ2v) is 7.18. The molecular formula is C24H19ClF3N5O3. The van der Waals surface area contributed by atoms with Gasteiger partial charge in [-0.2, -0.15) is 0 Å². The number of halogens is 4. The van der Waals surface area contributed by atoms with E-state index in [1.54, 1.807) is 0 Å². The summed E-state index contributed by atoms with van der Waals surface area (Å²) in [6.45, 7) is -0.442. The van der Waals surface area contributed by atoms with Crippen molar-refractivity contribution in [2.45, 2.75) is 6.61 Å². The molecule has 12 heteroatoms. The van der Waals surface area contributed by atoms with E-state index in [1.807, 2.05) is 0 Å². The fourth-order valence-electron chi connectivity index (χ4n) is 3.13. The Labute approximate surface area is 209 Å². The first kappa shape index (κ1) is 26.3. The molecule has 1 amide bonds. The highest BCUT2D eigenvalue weighted by Gasteiger charge is 2.16. The molecule has 0 radical (unpaired) electrons. The van der Waals surface area contributed by atoms with Crippen LogP contribution < -0.4 is 21.1 Å². The number of benzene rings is 2. The molecule has 2 heterocycles. The van der Waals surface area contributed by atoms with E-state index in [-0.39, 0.29) is 58.0 Å². The molecule has 4 rings (SSSR count). The van der Waals surface area contributed by atoms with Crippen LogP contribution in [-0.4, -0.2) is 21.0 Å². The highest BCUT2D eigenvalue weighted by molar-refractivity contribution is 6.07. The molecule has 0 fully saturated rings. The van der Waals surface area contributed by atoms with Gasteiger partial charge in [0.25, 0.3) is 5.91 Å². The number of nitrogens with two attached hydrogens (primary N) is 1. The van der Waals surface area contributed by atoms with Crippen LogP contribution in [0.4, 0.5) is 36.2 Å². The van der Waals surface area contributed by atoms with Crippen LogP contribution in [0, 0.1) is 17.5 Å². The molecule has 0 saturated carbocycles. The summed E-state index contributed by atoms with van der Waals surface area (Å²) in [5.74, 6) is -3.02. The third kappa shape index (κ3) is 5.82. The highest BCUT2D eigenvalue weighted by atomic mass is 35.5. The Morgan fingerprint density at radius 2 is 1.78 bits per heavy atom. The molecule has 0 unspecified atom stereocenters. The number of aromatic nitrogens is 2. The zero-order chi connectivity index (χ0) is 24.9. The number of hydrogen-bond donors (Lipinski definition) is 4. The first-order valence-corrected chi connectivity index (χ1v) is 10.2. The Kier molecular flexibility index (Phi) is 8.30. The van der Waals surface area contributed by atoms with Crippen LogP contribution >= 0.6 is 12.4 Å². The Morgan fingerprint density at radius 1 is 0.972 bits per heavy atom. The molecule has 36 heavy (non-hydrogen) atoms. The van der Waals surface area contributed by atoms with Gasteiger partial charge in [0.15, 0.2) is 11.6 Å². The van der Waals surface area contributed by atoms with Crippen molar-refractivity contribution in [3.63, 3.8) is 0 Å². The fraction of sp³-hybridized carbons (Fsp3) is 0.0417. The van der Waals surface area contributed by atoms with Crippen LogP contribution in [-0.2, 0) is 6.61 Å². The Hall–Kier alpha value is -4.35. The van der Waals surface area contributed by atoms with Crippen LogP contribution in [0.3, 0.4) is 0 Å². The van der Waals surface area contributed by atoms with Gasteiger partial charge >= 0.3 is 0 Å². The second-order valence-electron chi connectivity index (χ2n) is 7.18. The average Bonchev–Trinajstić information content (AvgIpc) is 2.83. The third-order valence-corrected chi connectivity index (χ3v) is 4.85. The van der Waals surface area contributed by atoms with Crippen LogP contribution in [0.2, 0.25) is 0 Å². The monoisotopic (exact) mass is 517 g/mol. The lowest BCUT2D eigenvalue weighted by atomic mass is 10.2. The van der Waals surface area contributed by atoms with E-state index < -0.39 is 30.0 Å². The maximum atomic E-state index is 14.8. The molecule has 0 spiro atoms. The lowest BCUT2D eigenvalue weighted by Crippen LogP contribution is -2.15. The number of nitrogen functional groups attached to an aromatic ring is 1. The molecule has 186 valence electrons. The summed E-state index contributed by atoms with van der Waals surface area (Å²) in [5, 5.41) is 14.7. The molecule has 0 atom stereocenters. The van der Waals surface area contributed by atoms with Crippen molar-refractivity contribution < 1.29 is 27.8 Å². The fourth-order valence-corrected chi connectivity index (χ4v) is 3.13. The van der Waals surface area contributed by atoms with Gasteiger partial charge in [0.2, 0.25) is 0 Å². The van der Waals surface area contributed by atoms with E-state index in [9.17, 15) is 23.1 Å². The molecular weight excluding hydrogens is 499 g/mol. The number of anilines is 4. The van der Waals surface area contributed by atoms with Gasteiger partial charge in [-0.1, -0.05) is 0 Å². The molecule has 0 aliphatic heterocycles. The topological polar surface area (TPSA) is 122 Å². The zero-order valence-electron chi connectivity index (χ0n) is 18.3. The molecule has 0 bridgehead atoms. The smallest absolute Gasteiger partial charge is 0.259 e. The van der Waals surface area contributed by atoms with Crippen molar-refractivity contribution >= 4 is 41.3 Å². The van der Waals surface area contributed by atoms with E-state index in [4.69, 9.17) is 10.5 Å². The lowest BCUT2D eigenvalue weighted by molar-refractivity contribution is 0.102. The Balaban J connectivity index is 0.00000361. The van der Waals surface area contributed by atoms with Crippen molar-refractivity contribution in [1.82, 2.24) is 9.97 Å². The zero-order valence-corrected chi connectivity index (χ0v) is 19.2. The van der Waals surface area contributed by atoms with Crippen molar-refractivity contribution in [2.24, 2.45) is 0 Å². The third-order valence-electron chi connectivity index (χ3n) is 4.85. The van der Waals surface area contributed by atoms with Crippen LogP contribution in [0.25, 0.3) is 0 Å². The Bertz CT molecular complexity index is 1410. The summed E-state index contributed by atoms with van der Waals surface area (Å²) in [6.07, 6.45) is 2.78. The maximum Gasteiger partial charge on any atom is 0.259 e. The minimum absolute atomic E-state index is 0. The van der Waals surface area contributed by atoms with Gasteiger partial charge in [-0.05, 0) is 42.5 Å². The first-order chi connectivity index (χ1) is 16.9. The number of hydrogen-bond acceptors (Lipinski definition) is 7. The molecule has 0 saturated heterocycles. The summed E-state index contributed by atoms with van der Waals surface area (Å²) >= 11 is 0. The van der Waals surface area contributed by atoms with Gasteiger partial charge in [-0.3, -0.25) is 4.79 Å². The van der Waals surface area contributed by atoms with E-state index in [0.717, 1.165) is 18.2 Å². The number of carbonyl (C=O) groups is 1. The number of ether oxygens (including phenoxy) is 1. The van der Waals surface area contributed by atoms with E-state index in [2.05, 4.69) is 20.6 Å².